The molecule has 6 atom stereocenters. The highest BCUT2D eigenvalue weighted by atomic mass is 16.8. The van der Waals surface area contributed by atoms with E-state index in [1.54, 1.807) is 0 Å². The van der Waals surface area contributed by atoms with Gasteiger partial charge in [-0.05, 0) is 20.2 Å². The molecule has 0 unspecified atom stereocenters. The van der Waals surface area contributed by atoms with Gasteiger partial charge in [0.2, 0.25) is 6.29 Å². The first-order valence-corrected chi connectivity index (χ1v) is 9.76. The van der Waals surface area contributed by atoms with Crippen molar-refractivity contribution in [2.45, 2.75) is 43.5 Å². The first kappa shape index (κ1) is 20.3. The third-order valence-corrected chi connectivity index (χ3v) is 5.11. The summed E-state index contributed by atoms with van der Waals surface area (Å²) in [5.41, 5.74) is 1.81. The average molecular weight is 401 g/mol. The molecule has 7 heteroatoms. The van der Waals surface area contributed by atoms with E-state index in [9.17, 15) is 10.2 Å². The number of fused-ring (bicyclic) bond motifs is 1. The molecule has 0 aromatic heterocycles. The number of hydrogen-bond donors (Lipinski definition) is 2. The van der Waals surface area contributed by atoms with Gasteiger partial charge in [0.25, 0.3) is 0 Å². The highest BCUT2D eigenvalue weighted by Crippen LogP contribution is 2.35. The van der Waals surface area contributed by atoms with Crippen LogP contribution in [0.2, 0.25) is 0 Å². The molecule has 7 nitrogen and oxygen atoms in total. The summed E-state index contributed by atoms with van der Waals surface area (Å²) in [4.78, 5) is 2.03. The fraction of sp³-hybridized carbons (Fsp3) is 0.455. The van der Waals surface area contributed by atoms with Gasteiger partial charge in [0.05, 0.1) is 6.61 Å². The van der Waals surface area contributed by atoms with Crippen molar-refractivity contribution in [3.8, 4) is 5.75 Å². The quantitative estimate of drug-likeness (QED) is 0.789. The molecule has 0 spiro atoms. The van der Waals surface area contributed by atoms with E-state index in [1.165, 1.54) is 0 Å². The Morgan fingerprint density at radius 2 is 1.69 bits per heavy atom. The van der Waals surface area contributed by atoms with Crippen molar-refractivity contribution in [1.29, 1.82) is 0 Å². The van der Waals surface area contributed by atoms with Gasteiger partial charge < -0.3 is 34.1 Å². The zero-order valence-electron chi connectivity index (χ0n) is 16.5. The lowest BCUT2D eigenvalue weighted by Gasteiger charge is -2.46. The molecule has 0 aliphatic carbocycles. The predicted octanol–water partition coefficient (Wildman–Crippen LogP) is 1.69. The summed E-state index contributed by atoms with van der Waals surface area (Å²) in [5, 5.41) is 21.3. The van der Waals surface area contributed by atoms with Crippen LogP contribution >= 0.6 is 0 Å². The van der Waals surface area contributed by atoms with Crippen LogP contribution < -0.4 is 4.74 Å². The predicted molar refractivity (Wildman–Crippen MR) is 105 cm³/mol. The van der Waals surface area contributed by atoms with Crippen molar-refractivity contribution in [3.63, 3.8) is 0 Å². The van der Waals surface area contributed by atoms with Gasteiger partial charge in [-0.3, -0.25) is 0 Å². The van der Waals surface area contributed by atoms with Crippen molar-refractivity contribution in [3.05, 3.63) is 65.7 Å². The van der Waals surface area contributed by atoms with Crippen LogP contribution in [0.4, 0.5) is 0 Å². The lowest BCUT2D eigenvalue weighted by molar-refractivity contribution is -0.350. The molecule has 0 bridgehead atoms. The van der Waals surface area contributed by atoms with Crippen LogP contribution in [0, 0.1) is 0 Å². The highest BCUT2D eigenvalue weighted by Gasteiger charge is 2.49. The molecule has 0 radical (unpaired) electrons. The fourth-order valence-electron chi connectivity index (χ4n) is 3.67. The molecule has 0 saturated carbocycles. The first-order valence-electron chi connectivity index (χ1n) is 9.76. The number of para-hydroxylation sites is 1. The number of nitrogens with zero attached hydrogens (tertiary/aromatic N) is 1. The van der Waals surface area contributed by atoms with Crippen LogP contribution in [-0.4, -0.2) is 66.5 Å². The van der Waals surface area contributed by atoms with Crippen LogP contribution in [0.3, 0.4) is 0 Å². The molecule has 2 aliphatic rings. The van der Waals surface area contributed by atoms with Gasteiger partial charge in [0.15, 0.2) is 6.29 Å². The topological polar surface area (TPSA) is 80.6 Å². The van der Waals surface area contributed by atoms with Crippen LogP contribution in [0.5, 0.6) is 5.75 Å². The SMILES string of the molecule is CN(C)Cc1ccccc1O[C@@H]1O[C@@H]2CO[C@@H](c3ccccc3)O[C@H]2[C@H](O)[C@H]1O. The molecule has 2 heterocycles. The molecule has 29 heavy (non-hydrogen) atoms. The van der Waals surface area contributed by atoms with Gasteiger partial charge in [0.1, 0.15) is 30.2 Å². The van der Waals surface area contributed by atoms with Gasteiger partial charge >= 0.3 is 0 Å². The minimum atomic E-state index is -1.25. The third kappa shape index (κ3) is 4.45. The maximum absolute atomic E-state index is 10.7. The Kier molecular flexibility index (Phi) is 6.15. The molecule has 0 amide bonds. The Morgan fingerprint density at radius 1 is 0.966 bits per heavy atom. The zero-order valence-corrected chi connectivity index (χ0v) is 16.5. The number of hydrogen-bond acceptors (Lipinski definition) is 7. The second kappa shape index (κ2) is 8.79. The van der Waals surface area contributed by atoms with E-state index in [1.807, 2.05) is 73.6 Å². The third-order valence-electron chi connectivity index (χ3n) is 5.11. The minimum Gasteiger partial charge on any atom is -0.462 e. The molecule has 2 aromatic carbocycles. The van der Waals surface area contributed by atoms with Gasteiger partial charge in [-0.25, -0.2) is 0 Å². The summed E-state index contributed by atoms with van der Waals surface area (Å²) in [6.45, 7) is 0.909. The molecule has 4 rings (SSSR count). The summed E-state index contributed by atoms with van der Waals surface area (Å²) in [5.74, 6) is 0.607. The normalized spacial score (nSPS) is 32.0. The molecular weight excluding hydrogens is 374 g/mol. The van der Waals surface area contributed by atoms with Crippen LogP contribution in [-0.2, 0) is 20.8 Å². The molecular formula is C22H27NO6. The number of rotatable bonds is 5. The Bertz CT molecular complexity index is 799. The highest BCUT2D eigenvalue weighted by molar-refractivity contribution is 5.33. The summed E-state index contributed by atoms with van der Waals surface area (Å²) in [6, 6.07) is 17.1. The second-order valence-electron chi connectivity index (χ2n) is 7.66. The van der Waals surface area contributed by atoms with Crippen molar-refractivity contribution >= 4 is 0 Å². The monoisotopic (exact) mass is 401 g/mol. The van der Waals surface area contributed by atoms with E-state index in [0.717, 1.165) is 11.1 Å². The lowest BCUT2D eigenvalue weighted by Crippen LogP contribution is -2.63. The van der Waals surface area contributed by atoms with Crippen LogP contribution in [0.15, 0.2) is 54.6 Å². The molecule has 2 fully saturated rings. The second-order valence-corrected chi connectivity index (χ2v) is 7.66. The molecule has 2 saturated heterocycles. The Labute approximate surface area is 170 Å². The van der Waals surface area contributed by atoms with Crippen LogP contribution in [0.25, 0.3) is 0 Å². The number of ether oxygens (including phenoxy) is 4. The largest absolute Gasteiger partial charge is 0.462 e. The number of aliphatic hydroxyl groups excluding tert-OH is 2. The summed E-state index contributed by atoms with van der Waals surface area (Å²) >= 11 is 0. The van der Waals surface area contributed by atoms with E-state index in [2.05, 4.69) is 0 Å². The first-order chi connectivity index (χ1) is 14.0. The maximum atomic E-state index is 10.7. The lowest BCUT2D eigenvalue weighted by atomic mass is 9.98. The Morgan fingerprint density at radius 3 is 2.45 bits per heavy atom. The van der Waals surface area contributed by atoms with Crippen molar-refractivity contribution in [1.82, 2.24) is 4.90 Å². The summed E-state index contributed by atoms with van der Waals surface area (Å²) in [7, 11) is 3.94. The van der Waals surface area contributed by atoms with Crippen molar-refractivity contribution in [2.75, 3.05) is 20.7 Å². The van der Waals surface area contributed by atoms with Gasteiger partial charge in [-0.2, -0.15) is 0 Å². The average Bonchev–Trinajstić information content (AvgIpc) is 2.73. The molecule has 2 aromatic rings. The standard InChI is InChI=1S/C22H27NO6/c1-23(2)12-15-10-6-7-11-16(15)27-22-19(25)18(24)20-17(28-22)13-26-21(29-20)14-8-4-3-5-9-14/h3-11,17-22,24-25H,12-13H2,1-2H3/t17-,18-,19-,20-,21-,22-/m1/s1. The molecule has 2 N–H and O–H groups in total. The Hall–Kier alpha value is -2.00. The summed E-state index contributed by atoms with van der Waals surface area (Å²) < 4.78 is 23.6. The zero-order chi connectivity index (χ0) is 20.4. The minimum absolute atomic E-state index is 0.229. The number of aliphatic hydroxyl groups is 2. The Balaban J connectivity index is 1.46. The smallest absolute Gasteiger partial charge is 0.229 e. The van der Waals surface area contributed by atoms with Crippen LogP contribution in [0.1, 0.15) is 17.4 Å². The number of benzene rings is 2. The maximum Gasteiger partial charge on any atom is 0.229 e. The van der Waals surface area contributed by atoms with Crippen molar-refractivity contribution < 1.29 is 29.2 Å². The van der Waals surface area contributed by atoms with E-state index < -0.39 is 37.0 Å². The summed E-state index contributed by atoms with van der Waals surface area (Å²) in [6.07, 6.45) is -5.29. The van der Waals surface area contributed by atoms with Gasteiger partial charge in [-0.15, -0.1) is 0 Å². The molecule has 156 valence electrons. The van der Waals surface area contributed by atoms with Crippen molar-refractivity contribution in [2.24, 2.45) is 0 Å². The molecule has 2 aliphatic heterocycles. The van der Waals surface area contributed by atoms with E-state index in [4.69, 9.17) is 18.9 Å². The van der Waals surface area contributed by atoms with Gasteiger partial charge in [0, 0.05) is 17.7 Å². The fourth-order valence-corrected chi connectivity index (χ4v) is 3.67. The van der Waals surface area contributed by atoms with E-state index in [0.29, 0.717) is 12.3 Å². The van der Waals surface area contributed by atoms with E-state index >= 15 is 0 Å². The van der Waals surface area contributed by atoms with Gasteiger partial charge in [-0.1, -0.05) is 48.5 Å². The van der Waals surface area contributed by atoms with E-state index in [-0.39, 0.29) is 6.61 Å².